The van der Waals surface area contributed by atoms with E-state index in [4.69, 9.17) is 0 Å². The van der Waals surface area contributed by atoms with Gasteiger partial charge in [-0.05, 0) is 79.3 Å². The molecular weight excluding hydrogens is 491 g/mol. The summed E-state index contributed by atoms with van der Waals surface area (Å²) >= 11 is 0. The van der Waals surface area contributed by atoms with Crippen LogP contribution >= 0.6 is 0 Å². The first-order chi connectivity index (χ1) is 18.8. The van der Waals surface area contributed by atoms with Crippen LogP contribution in [0.15, 0.2) is 30.7 Å². The van der Waals surface area contributed by atoms with Gasteiger partial charge in [0.2, 0.25) is 5.91 Å². The molecule has 2 aliphatic rings. The zero-order valence-electron chi connectivity index (χ0n) is 23.5. The lowest BCUT2D eigenvalue weighted by molar-refractivity contribution is -0.132. The molecule has 2 fully saturated rings. The first-order valence-electron chi connectivity index (χ1n) is 14.4. The van der Waals surface area contributed by atoms with Crippen LogP contribution in [0.25, 0.3) is 27.8 Å². The number of carbonyl (C=O) groups excluding carboxylic acids is 1. The van der Waals surface area contributed by atoms with Gasteiger partial charge in [-0.3, -0.25) is 9.69 Å². The van der Waals surface area contributed by atoms with Crippen molar-refractivity contribution in [3.63, 3.8) is 0 Å². The molecule has 1 atom stereocenters. The molecular formula is C31H39FN6O. The van der Waals surface area contributed by atoms with Crippen molar-refractivity contribution in [1.82, 2.24) is 29.4 Å². The molecule has 1 N–H and O–H groups in total. The molecule has 0 saturated carbocycles. The number of fused-ring (bicyclic) bond motifs is 2. The van der Waals surface area contributed by atoms with Crippen LogP contribution in [0.3, 0.4) is 0 Å². The standard InChI is InChI=1S/C31H39FN6O/c1-19(2)29-25-15-23(22-7-13-37(14-8-22)28(39)10-12-36-11-9-24(32)16-36)5-6-27(25)35-30(29)26-17-38-31(33-18-34-38)21(4)20(26)3/h5-6,15,17-19,22,24,35H,7-14,16H2,1-4H3. The summed E-state index contributed by atoms with van der Waals surface area (Å²) in [5.74, 6) is 0.995. The van der Waals surface area contributed by atoms with Crippen molar-refractivity contribution >= 4 is 22.5 Å². The average molecular weight is 531 g/mol. The number of aromatic nitrogens is 4. The summed E-state index contributed by atoms with van der Waals surface area (Å²) in [5.41, 5.74) is 9.42. The van der Waals surface area contributed by atoms with Crippen LogP contribution in [-0.4, -0.2) is 74.2 Å². The quantitative estimate of drug-likeness (QED) is 0.344. The SMILES string of the molecule is Cc1c(-c2[nH]c3ccc(C4CCN(C(=O)CCN5CCC(F)C5)CC4)cc3c2C(C)C)cn2ncnc2c1C. The molecule has 5 heterocycles. The largest absolute Gasteiger partial charge is 0.354 e. The van der Waals surface area contributed by atoms with Crippen LogP contribution in [0.4, 0.5) is 4.39 Å². The zero-order chi connectivity index (χ0) is 27.3. The average Bonchev–Trinajstić information content (AvgIpc) is 3.67. The number of nitrogens with zero attached hydrogens (tertiary/aromatic N) is 5. The Morgan fingerprint density at radius 1 is 1.13 bits per heavy atom. The van der Waals surface area contributed by atoms with Crippen LogP contribution in [-0.2, 0) is 4.79 Å². The van der Waals surface area contributed by atoms with Crippen LogP contribution in [0.2, 0.25) is 0 Å². The van der Waals surface area contributed by atoms with Gasteiger partial charge in [0.05, 0.1) is 5.69 Å². The Kier molecular flexibility index (Phi) is 6.91. The fraction of sp³-hybridized carbons (Fsp3) is 0.516. The number of benzene rings is 1. The minimum absolute atomic E-state index is 0.207. The summed E-state index contributed by atoms with van der Waals surface area (Å²) in [6, 6.07) is 6.86. The predicted molar refractivity (Wildman–Crippen MR) is 153 cm³/mol. The number of aromatic amines is 1. The fourth-order valence-electron chi connectivity index (χ4n) is 6.61. The molecule has 1 amide bonds. The van der Waals surface area contributed by atoms with E-state index < -0.39 is 6.17 Å². The molecule has 8 heteroatoms. The maximum Gasteiger partial charge on any atom is 0.223 e. The summed E-state index contributed by atoms with van der Waals surface area (Å²) in [4.78, 5) is 25.1. The molecule has 4 aromatic rings. The third-order valence-corrected chi connectivity index (χ3v) is 9.01. The van der Waals surface area contributed by atoms with E-state index >= 15 is 0 Å². The highest BCUT2D eigenvalue weighted by Gasteiger charge is 2.27. The summed E-state index contributed by atoms with van der Waals surface area (Å²) in [6.45, 7) is 12.3. The second-order valence-corrected chi connectivity index (χ2v) is 11.8. The van der Waals surface area contributed by atoms with Crippen molar-refractivity contribution in [2.45, 2.75) is 71.4 Å². The van der Waals surface area contributed by atoms with Crippen molar-refractivity contribution < 1.29 is 9.18 Å². The van der Waals surface area contributed by atoms with Gasteiger partial charge in [0.1, 0.15) is 12.5 Å². The van der Waals surface area contributed by atoms with Crippen LogP contribution in [0.1, 0.15) is 73.6 Å². The van der Waals surface area contributed by atoms with Crippen molar-refractivity contribution in [2.75, 3.05) is 32.7 Å². The van der Waals surface area contributed by atoms with Gasteiger partial charge in [-0.2, -0.15) is 5.10 Å². The zero-order valence-corrected chi connectivity index (χ0v) is 23.5. The van der Waals surface area contributed by atoms with E-state index in [1.165, 1.54) is 22.1 Å². The van der Waals surface area contributed by atoms with Gasteiger partial charge >= 0.3 is 0 Å². The Morgan fingerprint density at radius 3 is 2.64 bits per heavy atom. The number of pyridine rings is 1. The molecule has 6 rings (SSSR count). The molecule has 2 aliphatic heterocycles. The second kappa shape index (κ2) is 10.4. The summed E-state index contributed by atoms with van der Waals surface area (Å²) < 4.78 is 15.3. The molecule has 3 aromatic heterocycles. The molecule has 1 unspecified atom stereocenters. The van der Waals surface area contributed by atoms with E-state index in [0.717, 1.165) is 60.5 Å². The first-order valence-corrected chi connectivity index (χ1v) is 14.4. The van der Waals surface area contributed by atoms with Crippen molar-refractivity contribution in [3.8, 4) is 11.3 Å². The maximum atomic E-state index is 13.4. The predicted octanol–water partition coefficient (Wildman–Crippen LogP) is 5.76. The minimum Gasteiger partial charge on any atom is -0.354 e. The number of hydrogen-bond donors (Lipinski definition) is 1. The number of carbonyl (C=O) groups is 1. The smallest absolute Gasteiger partial charge is 0.223 e. The number of likely N-dealkylation sites (tertiary alicyclic amines) is 2. The summed E-state index contributed by atoms with van der Waals surface area (Å²) in [7, 11) is 0. The Hall–Kier alpha value is -3.26. The number of hydrogen-bond acceptors (Lipinski definition) is 4. The van der Waals surface area contributed by atoms with Crippen LogP contribution < -0.4 is 0 Å². The lowest BCUT2D eigenvalue weighted by Crippen LogP contribution is -2.39. The monoisotopic (exact) mass is 530 g/mol. The number of rotatable bonds is 6. The number of aryl methyl sites for hydroxylation is 1. The van der Waals surface area contributed by atoms with Crippen LogP contribution in [0, 0.1) is 13.8 Å². The number of H-pyrrole nitrogens is 1. The second-order valence-electron chi connectivity index (χ2n) is 11.8. The van der Waals surface area contributed by atoms with Gasteiger partial charge in [0.15, 0.2) is 5.65 Å². The number of piperidine rings is 1. The Morgan fingerprint density at radius 2 is 1.92 bits per heavy atom. The Balaban J connectivity index is 1.21. The lowest BCUT2D eigenvalue weighted by atomic mass is 9.87. The molecule has 0 radical (unpaired) electrons. The molecule has 0 bridgehead atoms. The van der Waals surface area contributed by atoms with Gasteiger partial charge in [0, 0.05) is 61.8 Å². The molecule has 0 aliphatic carbocycles. The van der Waals surface area contributed by atoms with Crippen molar-refractivity contribution in [3.05, 3.63) is 53.0 Å². The molecule has 39 heavy (non-hydrogen) atoms. The Bertz CT molecular complexity index is 1510. The summed E-state index contributed by atoms with van der Waals surface area (Å²) in [6.07, 6.45) is 6.01. The number of alkyl halides is 1. The van der Waals surface area contributed by atoms with E-state index in [1.807, 2.05) is 9.42 Å². The van der Waals surface area contributed by atoms with Gasteiger partial charge < -0.3 is 9.88 Å². The molecule has 7 nitrogen and oxygen atoms in total. The topological polar surface area (TPSA) is 69.5 Å². The highest BCUT2D eigenvalue weighted by molar-refractivity contribution is 5.92. The highest BCUT2D eigenvalue weighted by atomic mass is 19.1. The van der Waals surface area contributed by atoms with Crippen LogP contribution in [0.5, 0.6) is 0 Å². The van der Waals surface area contributed by atoms with Crippen molar-refractivity contribution in [2.24, 2.45) is 0 Å². The van der Waals surface area contributed by atoms with E-state index in [1.54, 1.807) is 6.33 Å². The van der Waals surface area contributed by atoms with E-state index in [0.29, 0.717) is 37.8 Å². The van der Waals surface area contributed by atoms with Gasteiger partial charge in [-0.25, -0.2) is 13.9 Å². The van der Waals surface area contributed by atoms with Gasteiger partial charge in [-0.1, -0.05) is 19.9 Å². The Labute approximate surface area is 229 Å². The summed E-state index contributed by atoms with van der Waals surface area (Å²) in [5, 5.41) is 5.69. The minimum atomic E-state index is -0.731. The number of halogens is 1. The fourth-order valence-corrected chi connectivity index (χ4v) is 6.61. The number of amides is 1. The normalized spacial score (nSPS) is 19.2. The molecule has 2 saturated heterocycles. The molecule has 0 spiro atoms. The van der Waals surface area contributed by atoms with Gasteiger partial charge in [0.25, 0.3) is 0 Å². The maximum absolute atomic E-state index is 13.4. The van der Waals surface area contributed by atoms with E-state index in [2.05, 4.69) is 72.1 Å². The van der Waals surface area contributed by atoms with E-state index in [9.17, 15) is 9.18 Å². The molecule has 1 aromatic carbocycles. The highest BCUT2D eigenvalue weighted by Crippen LogP contribution is 2.40. The van der Waals surface area contributed by atoms with Crippen molar-refractivity contribution in [1.29, 1.82) is 0 Å². The molecule has 206 valence electrons. The third-order valence-electron chi connectivity index (χ3n) is 9.01. The van der Waals surface area contributed by atoms with E-state index in [-0.39, 0.29) is 5.91 Å². The first kappa shape index (κ1) is 26.0. The number of nitrogens with one attached hydrogen (secondary N) is 1. The third kappa shape index (κ3) is 4.84. The lowest BCUT2D eigenvalue weighted by Gasteiger charge is -2.32. The van der Waals surface area contributed by atoms with Gasteiger partial charge in [-0.15, -0.1) is 0 Å².